The van der Waals surface area contributed by atoms with Gasteiger partial charge in [-0.2, -0.15) is 0 Å². The Hall–Kier alpha value is -16.5. The van der Waals surface area contributed by atoms with Gasteiger partial charge in [-0.3, -0.25) is 0 Å². The molecular formula is C118H78N6. The van der Waals surface area contributed by atoms with Crippen molar-refractivity contribution in [3.63, 3.8) is 0 Å². The Morgan fingerprint density at radius 3 is 0.540 bits per heavy atom. The third kappa shape index (κ3) is 15.4. The van der Waals surface area contributed by atoms with Gasteiger partial charge < -0.3 is 0 Å². The van der Waals surface area contributed by atoms with Gasteiger partial charge >= 0.3 is 0 Å². The average Bonchev–Trinajstić information content (AvgIpc) is 0.741. The molecule has 6 heteroatoms. The average molecular weight is 1580 g/mol. The molecule has 0 saturated carbocycles. The van der Waals surface area contributed by atoms with Crippen LogP contribution in [0.2, 0.25) is 0 Å². The van der Waals surface area contributed by atoms with Crippen LogP contribution in [-0.2, 0) is 0 Å². The summed E-state index contributed by atoms with van der Waals surface area (Å²) in [5.41, 5.74) is 34.2. The quantitative estimate of drug-likeness (QED) is 0.0897. The largest absolute Gasteiger partial charge is 0.247 e. The maximum absolute atomic E-state index is 5.48. The van der Waals surface area contributed by atoms with Crippen molar-refractivity contribution in [2.75, 3.05) is 0 Å². The fraction of sp³-hybridized carbons (Fsp3) is 0. The molecule has 18 aromatic carbocycles. The van der Waals surface area contributed by atoms with Crippen molar-refractivity contribution in [3.8, 4) is 179 Å². The standard InChI is InChI=1S/2C59H39N3/c1-5-15-40(16-6-1)42-25-29-44(30-26-42)52-37-54-53(38-55(60-58(54)51-24-14-13-23-50(51)52)47-33-27-43(28-34-47)41-17-7-2-8-18-41)45-31-35-48(36-32-45)57-39-56(46-19-9-3-10-20-46)61-59(62-57)49-21-11-4-12-22-49;1-5-15-40(16-6-1)42-25-29-44(30-26-42)52-37-54-53(38-55(60-58(54)51-24-14-13-23-50(51)52)48-33-27-43(28-34-48)41-17-7-2-8-18-41)45-31-35-49(36-32-45)59-61-56(46-19-9-3-10-20-46)39-57(62-59)47-21-11-4-12-22-47/h2*1-39H. The van der Waals surface area contributed by atoms with E-state index in [4.69, 9.17) is 29.9 Å². The molecule has 6 nitrogen and oxygen atoms in total. The van der Waals surface area contributed by atoms with E-state index in [0.717, 1.165) is 145 Å². The number of aromatic nitrogens is 6. The number of rotatable bonds is 16. The molecule has 0 amide bonds. The van der Waals surface area contributed by atoms with Gasteiger partial charge in [-0.05, 0) is 136 Å². The van der Waals surface area contributed by atoms with Gasteiger partial charge in [-0.15, -0.1) is 0 Å². The van der Waals surface area contributed by atoms with Crippen LogP contribution in [-0.4, -0.2) is 29.9 Å². The lowest BCUT2D eigenvalue weighted by molar-refractivity contribution is 1.18. The Bertz CT molecular complexity index is 7000. The van der Waals surface area contributed by atoms with Crippen LogP contribution < -0.4 is 0 Å². The molecule has 22 aromatic rings. The van der Waals surface area contributed by atoms with Crippen LogP contribution in [0.5, 0.6) is 0 Å². The van der Waals surface area contributed by atoms with Crippen LogP contribution in [0, 0.1) is 0 Å². The monoisotopic (exact) mass is 1580 g/mol. The third-order valence-electron chi connectivity index (χ3n) is 23.5. The first kappa shape index (κ1) is 75.0. The lowest BCUT2D eigenvalue weighted by Crippen LogP contribution is -1.96. The molecule has 0 atom stereocenters. The molecule has 0 bridgehead atoms. The molecule has 124 heavy (non-hydrogen) atoms. The van der Waals surface area contributed by atoms with Crippen molar-refractivity contribution >= 4 is 43.4 Å². The molecule has 4 aromatic heterocycles. The first-order chi connectivity index (χ1) is 61.4. The number of nitrogens with zero attached hydrogens (tertiary/aromatic N) is 6. The van der Waals surface area contributed by atoms with Crippen LogP contribution in [0.3, 0.4) is 0 Å². The molecular weight excluding hydrogens is 1500 g/mol. The predicted molar refractivity (Wildman–Crippen MR) is 517 cm³/mol. The number of fused-ring (bicyclic) bond motifs is 6. The Kier molecular flexibility index (Phi) is 20.4. The summed E-state index contributed by atoms with van der Waals surface area (Å²) < 4.78 is 0. The van der Waals surface area contributed by atoms with E-state index >= 15 is 0 Å². The van der Waals surface area contributed by atoms with Crippen molar-refractivity contribution in [2.45, 2.75) is 0 Å². The first-order valence-corrected chi connectivity index (χ1v) is 42.0. The fourth-order valence-electron chi connectivity index (χ4n) is 17.0. The normalized spacial score (nSPS) is 11.2. The molecule has 0 saturated heterocycles. The van der Waals surface area contributed by atoms with Crippen molar-refractivity contribution in [2.24, 2.45) is 0 Å². The van der Waals surface area contributed by atoms with Gasteiger partial charge in [0.25, 0.3) is 0 Å². The molecule has 0 aliphatic heterocycles. The van der Waals surface area contributed by atoms with Crippen LogP contribution >= 0.6 is 0 Å². The van der Waals surface area contributed by atoms with E-state index in [9.17, 15) is 0 Å². The maximum atomic E-state index is 5.48. The minimum absolute atomic E-state index is 0.683. The van der Waals surface area contributed by atoms with E-state index in [1.165, 1.54) is 66.4 Å². The lowest BCUT2D eigenvalue weighted by atomic mass is 9.90. The Labute approximate surface area is 720 Å². The zero-order valence-corrected chi connectivity index (χ0v) is 67.7. The maximum Gasteiger partial charge on any atom is 0.160 e. The Balaban J connectivity index is 0.000000152. The third-order valence-corrected chi connectivity index (χ3v) is 23.5. The van der Waals surface area contributed by atoms with Gasteiger partial charge in [0.15, 0.2) is 11.6 Å². The van der Waals surface area contributed by atoms with Gasteiger partial charge in [-0.1, -0.05) is 437 Å². The summed E-state index contributed by atoms with van der Waals surface area (Å²) in [6.45, 7) is 0. The summed E-state index contributed by atoms with van der Waals surface area (Å²) in [6.07, 6.45) is 0. The minimum Gasteiger partial charge on any atom is -0.247 e. The highest BCUT2D eigenvalue weighted by Crippen LogP contribution is 2.45. The highest BCUT2D eigenvalue weighted by Gasteiger charge is 2.22. The summed E-state index contributed by atoms with van der Waals surface area (Å²) in [4.78, 5) is 31.3. The van der Waals surface area contributed by atoms with E-state index in [2.05, 4.69) is 400 Å². The summed E-state index contributed by atoms with van der Waals surface area (Å²) in [7, 11) is 0. The van der Waals surface area contributed by atoms with Gasteiger partial charge in [0, 0.05) is 66.1 Å². The fourth-order valence-corrected chi connectivity index (χ4v) is 17.0. The van der Waals surface area contributed by atoms with Crippen LogP contribution in [0.25, 0.3) is 223 Å². The molecule has 0 aliphatic rings. The second-order valence-corrected chi connectivity index (χ2v) is 31.2. The van der Waals surface area contributed by atoms with E-state index in [-0.39, 0.29) is 0 Å². The Morgan fingerprint density at radius 1 is 0.105 bits per heavy atom. The van der Waals surface area contributed by atoms with Crippen LogP contribution in [0.4, 0.5) is 0 Å². The van der Waals surface area contributed by atoms with E-state index in [1.54, 1.807) is 0 Å². The predicted octanol–water partition coefficient (Wildman–Crippen LogP) is 31.0. The summed E-state index contributed by atoms with van der Waals surface area (Å²) >= 11 is 0. The van der Waals surface area contributed by atoms with Gasteiger partial charge in [0.1, 0.15) is 0 Å². The van der Waals surface area contributed by atoms with E-state index < -0.39 is 0 Å². The molecule has 0 N–H and O–H groups in total. The van der Waals surface area contributed by atoms with Crippen molar-refractivity contribution in [1.82, 2.24) is 29.9 Å². The zero-order chi connectivity index (χ0) is 82.5. The lowest BCUT2D eigenvalue weighted by Gasteiger charge is -2.16. The molecule has 580 valence electrons. The van der Waals surface area contributed by atoms with Crippen LogP contribution in [0.15, 0.2) is 473 Å². The zero-order valence-electron chi connectivity index (χ0n) is 67.7. The van der Waals surface area contributed by atoms with Crippen molar-refractivity contribution in [3.05, 3.63) is 473 Å². The van der Waals surface area contributed by atoms with Crippen molar-refractivity contribution < 1.29 is 0 Å². The van der Waals surface area contributed by atoms with E-state index in [1.807, 2.05) is 72.8 Å². The number of hydrogen-bond donors (Lipinski definition) is 0. The smallest absolute Gasteiger partial charge is 0.160 e. The molecule has 4 heterocycles. The summed E-state index contributed by atoms with van der Waals surface area (Å²) in [5.74, 6) is 1.38. The second kappa shape index (κ2) is 33.7. The molecule has 0 radical (unpaired) electrons. The van der Waals surface area contributed by atoms with Crippen molar-refractivity contribution in [1.29, 1.82) is 0 Å². The van der Waals surface area contributed by atoms with Crippen LogP contribution in [0.1, 0.15) is 0 Å². The van der Waals surface area contributed by atoms with Gasteiger partial charge in [-0.25, -0.2) is 29.9 Å². The molecule has 22 rings (SSSR count). The van der Waals surface area contributed by atoms with E-state index in [0.29, 0.717) is 11.6 Å². The SMILES string of the molecule is c1ccc(-c2ccc(-c3cc(-c4ccc(-c5cc(-c6ccccc6)nc(-c6ccccc6)n5)cc4)c4cc(-c5ccc(-c6ccccc6)cc5)c5ccccc5c4n3)cc2)cc1.c1ccc(-c2ccc(-c3cc(-c4ccc(-c5nc(-c6ccccc6)cc(-c6ccccc6)n5)cc4)c4cc(-c5ccc(-c6ccccc6)cc5)c5ccccc5c4n3)cc2)cc1. The highest BCUT2D eigenvalue weighted by atomic mass is 14.9. The number of pyridine rings is 2. The molecule has 0 aliphatic carbocycles. The molecule has 0 fully saturated rings. The van der Waals surface area contributed by atoms with Gasteiger partial charge in [0.05, 0.1) is 45.2 Å². The second-order valence-electron chi connectivity index (χ2n) is 31.2. The number of hydrogen-bond acceptors (Lipinski definition) is 6. The summed E-state index contributed by atoms with van der Waals surface area (Å²) in [5, 5.41) is 6.77. The number of benzene rings is 18. The summed E-state index contributed by atoms with van der Waals surface area (Å²) in [6, 6.07) is 167. The first-order valence-electron chi connectivity index (χ1n) is 42.0. The van der Waals surface area contributed by atoms with Gasteiger partial charge in [0.2, 0.25) is 0 Å². The topological polar surface area (TPSA) is 77.3 Å². The molecule has 0 spiro atoms. The minimum atomic E-state index is 0.683. The Morgan fingerprint density at radius 2 is 0.274 bits per heavy atom. The molecule has 0 unspecified atom stereocenters. The highest BCUT2D eigenvalue weighted by molar-refractivity contribution is 6.18.